The Hall–Kier alpha value is -2.14. The van der Waals surface area contributed by atoms with Gasteiger partial charge in [-0.25, -0.2) is 0 Å². The summed E-state index contributed by atoms with van der Waals surface area (Å²) >= 11 is 0. The predicted molar refractivity (Wildman–Crippen MR) is 95.8 cm³/mol. The van der Waals surface area contributed by atoms with E-state index in [9.17, 15) is 9.90 Å². The van der Waals surface area contributed by atoms with Crippen LogP contribution >= 0.6 is 0 Å². The zero-order valence-electron chi connectivity index (χ0n) is 14.6. The highest BCUT2D eigenvalue weighted by molar-refractivity contribution is 5.83. The van der Waals surface area contributed by atoms with Crippen LogP contribution in [0.25, 0.3) is 10.9 Å². The second kappa shape index (κ2) is 7.40. The number of ether oxygens (including phenoxy) is 1. The van der Waals surface area contributed by atoms with Gasteiger partial charge in [0, 0.05) is 11.6 Å². The highest BCUT2D eigenvalue weighted by Crippen LogP contribution is 2.36. The molecule has 1 aliphatic rings. The summed E-state index contributed by atoms with van der Waals surface area (Å²) in [5, 5.41) is 21.0. The van der Waals surface area contributed by atoms with Crippen LogP contribution in [0.2, 0.25) is 0 Å². The maximum atomic E-state index is 11.1. The monoisotopic (exact) mass is 343 g/mol. The molecule has 3 rings (SSSR count). The zero-order chi connectivity index (χ0) is 17.9. The molecule has 0 radical (unpaired) electrons. The van der Waals surface area contributed by atoms with Crippen LogP contribution in [0, 0.1) is 5.92 Å². The lowest BCUT2D eigenvalue weighted by atomic mass is 9.76. The van der Waals surface area contributed by atoms with Crippen LogP contribution in [0.15, 0.2) is 30.5 Å². The molecule has 1 heterocycles. The average Bonchev–Trinajstić information content (AvgIpc) is 2.60. The lowest BCUT2D eigenvalue weighted by Crippen LogP contribution is -2.36. The molecule has 0 aliphatic heterocycles. The second-order valence-electron chi connectivity index (χ2n) is 6.92. The average molecular weight is 343 g/mol. The number of aryl methyl sites for hydroxylation is 1. The number of carboxylic acid groups (broad SMARTS) is 1. The molecule has 134 valence electrons. The summed E-state index contributed by atoms with van der Waals surface area (Å²) in [5.41, 5.74) is 1.29. The summed E-state index contributed by atoms with van der Waals surface area (Å²) in [7, 11) is 0. The lowest BCUT2D eigenvalue weighted by molar-refractivity contribution is -0.144. The number of carbonyl (C=O) groups is 1. The Balaban J connectivity index is 1.72. The van der Waals surface area contributed by atoms with E-state index < -0.39 is 11.6 Å². The number of hydrogen-bond acceptors (Lipinski definition) is 4. The van der Waals surface area contributed by atoms with E-state index in [0.29, 0.717) is 38.7 Å². The van der Waals surface area contributed by atoms with Gasteiger partial charge in [-0.3, -0.25) is 9.78 Å². The number of aromatic nitrogens is 1. The Morgan fingerprint density at radius 3 is 2.76 bits per heavy atom. The summed E-state index contributed by atoms with van der Waals surface area (Å²) in [6.45, 7) is 2.57. The molecule has 2 aromatic rings. The number of nitrogens with zero attached hydrogens (tertiary/aromatic N) is 1. The van der Waals surface area contributed by atoms with Crippen molar-refractivity contribution in [2.75, 3.05) is 6.61 Å². The summed E-state index contributed by atoms with van der Waals surface area (Å²) in [6.07, 6.45) is 5.38. The van der Waals surface area contributed by atoms with E-state index in [4.69, 9.17) is 9.84 Å². The van der Waals surface area contributed by atoms with Crippen molar-refractivity contribution >= 4 is 16.9 Å². The van der Waals surface area contributed by atoms with E-state index in [-0.39, 0.29) is 5.92 Å². The molecule has 1 aromatic heterocycles. The van der Waals surface area contributed by atoms with Crippen LogP contribution < -0.4 is 4.74 Å². The molecule has 2 N–H and O–H groups in total. The van der Waals surface area contributed by atoms with Gasteiger partial charge in [0.15, 0.2) is 0 Å². The van der Waals surface area contributed by atoms with E-state index in [1.807, 2.05) is 31.2 Å². The number of benzene rings is 1. The number of carboxylic acids is 1. The van der Waals surface area contributed by atoms with Gasteiger partial charge in [-0.2, -0.15) is 0 Å². The van der Waals surface area contributed by atoms with Gasteiger partial charge >= 0.3 is 5.97 Å². The van der Waals surface area contributed by atoms with Crippen molar-refractivity contribution in [3.63, 3.8) is 0 Å². The van der Waals surface area contributed by atoms with E-state index in [2.05, 4.69) is 4.98 Å². The molecule has 1 aliphatic carbocycles. The van der Waals surface area contributed by atoms with Crippen molar-refractivity contribution in [3.05, 3.63) is 36.0 Å². The first-order chi connectivity index (χ1) is 12.0. The van der Waals surface area contributed by atoms with Gasteiger partial charge in [-0.1, -0.05) is 0 Å². The van der Waals surface area contributed by atoms with Gasteiger partial charge in [0.1, 0.15) is 5.75 Å². The number of rotatable bonds is 6. The topological polar surface area (TPSA) is 79.7 Å². The first kappa shape index (κ1) is 17.7. The van der Waals surface area contributed by atoms with E-state index in [1.165, 1.54) is 0 Å². The molecular weight excluding hydrogens is 318 g/mol. The van der Waals surface area contributed by atoms with E-state index in [1.54, 1.807) is 6.20 Å². The van der Waals surface area contributed by atoms with Crippen LogP contribution in [0.4, 0.5) is 0 Å². The molecular formula is C20H25NO4. The first-order valence-corrected chi connectivity index (χ1v) is 8.96. The third kappa shape index (κ3) is 4.10. The minimum absolute atomic E-state index is 0.309. The van der Waals surface area contributed by atoms with Crippen LogP contribution in [-0.4, -0.2) is 33.4 Å². The quantitative estimate of drug-likeness (QED) is 0.838. The molecule has 0 bridgehead atoms. The Labute approximate surface area is 147 Å². The van der Waals surface area contributed by atoms with Crippen molar-refractivity contribution in [3.8, 4) is 5.75 Å². The summed E-state index contributed by atoms with van der Waals surface area (Å²) in [5.74, 6) is -0.230. The van der Waals surface area contributed by atoms with Crippen molar-refractivity contribution in [1.82, 2.24) is 4.98 Å². The fourth-order valence-corrected chi connectivity index (χ4v) is 3.68. The molecule has 1 aromatic carbocycles. The van der Waals surface area contributed by atoms with Crippen LogP contribution in [0.1, 0.15) is 44.6 Å². The van der Waals surface area contributed by atoms with Crippen molar-refractivity contribution in [2.45, 2.75) is 51.0 Å². The third-order valence-electron chi connectivity index (χ3n) is 5.24. The van der Waals surface area contributed by atoms with Gasteiger partial charge in [0.2, 0.25) is 0 Å². The Kier molecular flexibility index (Phi) is 5.23. The minimum atomic E-state index is -0.765. The van der Waals surface area contributed by atoms with Gasteiger partial charge in [0.05, 0.1) is 23.6 Å². The normalized spacial score (nSPS) is 23.5. The summed E-state index contributed by atoms with van der Waals surface area (Å²) in [4.78, 5) is 15.5. The third-order valence-corrected chi connectivity index (χ3v) is 5.24. The lowest BCUT2D eigenvalue weighted by Gasteiger charge is -2.34. The fraction of sp³-hybridized carbons (Fsp3) is 0.500. The number of hydrogen-bond donors (Lipinski definition) is 2. The summed E-state index contributed by atoms with van der Waals surface area (Å²) < 4.78 is 5.58. The number of aliphatic carboxylic acids is 1. The number of pyridine rings is 1. The Morgan fingerprint density at radius 2 is 2.08 bits per heavy atom. The fourth-order valence-electron chi connectivity index (χ4n) is 3.68. The Bertz CT molecular complexity index is 750. The number of aliphatic hydroxyl groups is 1. The van der Waals surface area contributed by atoms with Crippen LogP contribution in [0.5, 0.6) is 5.75 Å². The van der Waals surface area contributed by atoms with Crippen molar-refractivity contribution < 1.29 is 19.7 Å². The van der Waals surface area contributed by atoms with Gasteiger partial charge < -0.3 is 14.9 Å². The number of fused-ring (bicyclic) bond motifs is 1. The SMILES string of the molecule is CCOc1ccc2nccc(CC[C@]3(O)CC[C@@H](C(=O)O)CC3)c2c1. The molecule has 0 atom stereocenters. The minimum Gasteiger partial charge on any atom is -0.494 e. The van der Waals surface area contributed by atoms with Crippen LogP contribution in [-0.2, 0) is 11.2 Å². The molecule has 5 heteroatoms. The largest absolute Gasteiger partial charge is 0.494 e. The predicted octanol–water partition coefficient (Wildman–Crippen LogP) is 3.57. The van der Waals surface area contributed by atoms with Crippen molar-refractivity contribution in [2.24, 2.45) is 5.92 Å². The standard InChI is InChI=1S/C20H25NO4/c1-2-25-16-3-4-18-17(13-16)14(8-12-21-18)5-9-20(24)10-6-15(7-11-20)19(22)23/h3-4,8,12-13,15,24H,2,5-7,9-11H2,1H3,(H,22,23)/t15-,20+. The van der Waals surface area contributed by atoms with Gasteiger partial charge in [-0.05, 0) is 75.3 Å². The molecule has 1 fully saturated rings. The highest BCUT2D eigenvalue weighted by Gasteiger charge is 2.35. The molecule has 0 amide bonds. The molecule has 1 saturated carbocycles. The first-order valence-electron chi connectivity index (χ1n) is 8.96. The second-order valence-corrected chi connectivity index (χ2v) is 6.92. The zero-order valence-corrected chi connectivity index (χ0v) is 14.6. The molecule has 0 unspecified atom stereocenters. The maximum absolute atomic E-state index is 11.1. The molecule has 0 spiro atoms. The Morgan fingerprint density at radius 1 is 1.32 bits per heavy atom. The maximum Gasteiger partial charge on any atom is 0.306 e. The molecule has 5 nitrogen and oxygen atoms in total. The van der Waals surface area contributed by atoms with E-state index >= 15 is 0 Å². The van der Waals surface area contributed by atoms with E-state index in [0.717, 1.165) is 28.6 Å². The summed E-state index contributed by atoms with van der Waals surface area (Å²) in [6, 6.07) is 7.87. The molecule has 0 saturated heterocycles. The van der Waals surface area contributed by atoms with Gasteiger partial charge in [0.25, 0.3) is 0 Å². The molecule has 25 heavy (non-hydrogen) atoms. The van der Waals surface area contributed by atoms with Crippen molar-refractivity contribution in [1.29, 1.82) is 0 Å². The smallest absolute Gasteiger partial charge is 0.306 e. The highest BCUT2D eigenvalue weighted by atomic mass is 16.5. The van der Waals surface area contributed by atoms with Crippen LogP contribution in [0.3, 0.4) is 0 Å². The van der Waals surface area contributed by atoms with Gasteiger partial charge in [-0.15, -0.1) is 0 Å².